The lowest BCUT2D eigenvalue weighted by Gasteiger charge is -2.18. The molecule has 3 rings (SSSR count). The number of nitrogens with zero attached hydrogens (tertiary/aromatic N) is 1. The van der Waals surface area contributed by atoms with E-state index in [-0.39, 0.29) is 11.9 Å². The number of aromatic amines is 1. The summed E-state index contributed by atoms with van der Waals surface area (Å²) in [5, 5.41) is 12.2. The number of amides is 1. The molecule has 0 saturated heterocycles. The average Bonchev–Trinajstić information content (AvgIpc) is 3.36. The Morgan fingerprint density at radius 3 is 2.50 bits per heavy atom. The Morgan fingerprint density at radius 1 is 1.15 bits per heavy atom. The first-order valence-electron chi connectivity index (χ1n) is 9.12. The van der Waals surface area contributed by atoms with E-state index >= 15 is 0 Å². The lowest BCUT2D eigenvalue weighted by atomic mass is 9.95. The summed E-state index contributed by atoms with van der Waals surface area (Å²) >= 11 is 1.62. The number of rotatable bonds is 7. The van der Waals surface area contributed by atoms with Gasteiger partial charge < -0.3 is 5.32 Å². The molecule has 5 heteroatoms. The van der Waals surface area contributed by atoms with Gasteiger partial charge in [0.05, 0.1) is 16.6 Å². The maximum absolute atomic E-state index is 12.6. The third-order valence-corrected chi connectivity index (χ3v) is 5.73. The van der Waals surface area contributed by atoms with Gasteiger partial charge in [-0.2, -0.15) is 5.10 Å². The van der Waals surface area contributed by atoms with Crippen LogP contribution in [-0.2, 0) is 0 Å². The predicted octanol–water partition coefficient (Wildman–Crippen LogP) is 5.53. The molecule has 4 nitrogen and oxygen atoms in total. The third kappa shape index (κ3) is 4.05. The third-order valence-electron chi connectivity index (χ3n) is 4.83. The van der Waals surface area contributed by atoms with Gasteiger partial charge in [0, 0.05) is 0 Å². The molecular formula is C21H25N3OS. The molecule has 2 N–H and O–H groups in total. The maximum Gasteiger partial charge on any atom is 0.272 e. The Bertz CT molecular complexity index is 837. The van der Waals surface area contributed by atoms with Crippen LogP contribution in [0.4, 0.5) is 0 Å². The summed E-state index contributed by atoms with van der Waals surface area (Å²) in [5.74, 6) is 0.403. The van der Waals surface area contributed by atoms with Crippen LogP contribution in [0.3, 0.4) is 0 Å². The smallest absolute Gasteiger partial charge is 0.272 e. The molecule has 1 amide bonds. The van der Waals surface area contributed by atoms with Gasteiger partial charge in [0.2, 0.25) is 0 Å². The van der Waals surface area contributed by atoms with E-state index in [0.717, 1.165) is 29.0 Å². The highest BCUT2D eigenvalue weighted by molar-refractivity contribution is 7.13. The van der Waals surface area contributed by atoms with Crippen molar-refractivity contribution in [1.29, 1.82) is 0 Å². The summed E-state index contributed by atoms with van der Waals surface area (Å²) in [6.45, 7) is 6.51. The number of carbonyl (C=O) groups excluding carboxylic acids is 1. The first-order valence-corrected chi connectivity index (χ1v) is 10.00. The molecule has 0 aliphatic carbocycles. The van der Waals surface area contributed by atoms with Crippen LogP contribution in [0.5, 0.6) is 0 Å². The molecule has 2 atom stereocenters. The Morgan fingerprint density at radius 2 is 1.88 bits per heavy atom. The van der Waals surface area contributed by atoms with Crippen LogP contribution in [0.25, 0.3) is 10.6 Å². The Kier molecular flexibility index (Phi) is 5.89. The highest BCUT2D eigenvalue weighted by Gasteiger charge is 2.17. The molecule has 1 aromatic carbocycles. The summed E-state index contributed by atoms with van der Waals surface area (Å²) in [4.78, 5) is 13.7. The van der Waals surface area contributed by atoms with Crippen LogP contribution < -0.4 is 5.32 Å². The number of hydrogen-bond donors (Lipinski definition) is 2. The standard InChI is InChI=1S/C21H25N3OS/c1-4-14(3)15-8-10-16(11-9-15)17(5-2)22-21(25)19-13-18(23-24-19)20-7-6-12-26-20/h6-14,17H,4-5H2,1-3H3,(H,22,25)(H,23,24). The number of thiophene rings is 1. The fraction of sp³-hybridized carbons (Fsp3) is 0.333. The van der Waals surface area contributed by atoms with E-state index in [9.17, 15) is 4.79 Å². The van der Waals surface area contributed by atoms with Crippen molar-refractivity contribution >= 4 is 17.2 Å². The zero-order chi connectivity index (χ0) is 18.5. The van der Waals surface area contributed by atoms with Crippen LogP contribution in [0.2, 0.25) is 0 Å². The van der Waals surface area contributed by atoms with Crippen LogP contribution in [-0.4, -0.2) is 16.1 Å². The summed E-state index contributed by atoms with van der Waals surface area (Å²) in [5.41, 5.74) is 3.76. The molecule has 0 fully saturated rings. The van der Waals surface area contributed by atoms with Crippen molar-refractivity contribution in [2.75, 3.05) is 0 Å². The number of nitrogens with one attached hydrogen (secondary N) is 2. The van der Waals surface area contributed by atoms with E-state index in [1.54, 1.807) is 17.4 Å². The first-order chi connectivity index (χ1) is 12.6. The minimum Gasteiger partial charge on any atom is -0.344 e. The molecule has 136 valence electrons. The molecule has 2 unspecified atom stereocenters. The Balaban J connectivity index is 1.70. The van der Waals surface area contributed by atoms with Gasteiger partial charge in [0.25, 0.3) is 5.91 Å². The lowest BCUT2D eigenvalue weighted by Crippen LogP contribution is -2.28. The van der Waals surface area contributed by atoms with Gasteiger partial charge in [-0.05, 0) is 47.4 Å². The van der Waals surface area contributed by atoms with Crippen molar-refractivity contribution in [3.63, 3.8) is 0 Å². The maximum atomic E-state index is 12.6. The summed E-state index contributed by atoms with van der Waals surface area (Å²) < 4.78 is 0. The van der Waals surface area contributed by atoms with Gasteiger partial charge in [-0.1, -0.05) is 51.1 Å². The number of carbonyl (C=O) groups is 1. The van der Waals surface area contributed by atoms with Gasteiger partial charge in [-0.25, -0.2) is 0 Å². The molecule has 3 aromatic rings. The molecule has 0 spiro atoms. The van der Waals surface area contributed by atoms with Crippen LogP contribution in [0.15, 0.2) is 47.8 Å². The van der Waals surface area contributed by atoms with E-state index < -0.39 is 0 Å². The number of H-pyrrole nitrogens is 1. The summed E-state index contributed by atoms with van der Waals surface area (Å²) in [6.07, 6.45) is 1.95. The van der Waals surface area contributed by atoms with Gasteiger partial charge >= 0.3 is 0 Å². The highest BCUT2D eigenvalue weighted by Crippen LogP contribution is 2.25. The molecule has 0 aliphatic rings. The van der Waals surface area contributed by atoms with E-state index in [0.29, 0.717) is 11.6 Å². The SMILES string of the molecule is CCC(C)c1ccc(C(CC)NC(=O)c2cc(-c3cccs3)[nH]n2)cc1. The second kappa shape index (κ2) is 8.32. The molecular weight excluding hydrogens is 342 g/mol. The van der Waals surface area contributed by atoms with Crippen molar-refractivity contribution < 1.29 is 4.79 Å². The monoisotopic (exact) mass is 367 g/mol. The first kappa shape index (κ1) is 18.4. The zero-order valence-electron chi connectivity index (χ0n) is 15.5. The van der Waals surface area contributed by atoms with Crippen molar-refractivity contribution in [2.24, 2.45) is 0 Å². The van der Waals surface area contributed by atoms with Crippen molar-refractivity contribution in [3.8, 4) is 10.6 Å². The molecule has 0 aliphatic heterocycles. The molecule has 2 heterocycles. The highest BCUT2D eigenvalue weighted by atomic mass is 32.1. The van der Waals surface area contributed by atoms with Crippen LogP contribution in [0, 0.1) is 0 Å². The predicted molar refractivity (Wildman–Crippen MR) is 108 cm³/mol. The molecule has 0 radical (unpaired) electrons. The molecule has 0 bridgehead atoms. The average molecular weight is 368 g/mol. The summed E-state index contributed by atoms with van der Waals surface area (Å²) in [7, 11) is 0. The molecule has 2 aromatic heterocycles. The fourth-order valence-electron chi connectivity index (χ4n) is 2.94. The lowest BCUT2D eigenvalue weighted by molar-refractivity contribution is 0.0930. The number of aromatic nitrogens is 2. The van der Waals surface area contributed by atoms with Gasteiger partial charge in [-0.3, -0.25) is 9.89 Å². The van der Waals surface area contributed by atoms with Gasteiger partial charge in [0.15, 0.2) is 5.69 Å². The molecule has 0 saturated carbocycles. The largest absolute Gasteiger partial charge is 0.344 e. The fourth-order valence-corrected chi connectivity index (χ4v) is 3.63. The normalized spacial score (nSPS) is 13.3. The second-order valence-electron chi connectivity index (χ2n) is 6.55. The van der Waals surface area contributed by atoms with Gasteiger partial charge in [0.1, 0.15) is 0 Å². The number of hydrogen-bond acceptors (Lipinski definition) is 3. The minimum atomic E-state index is -0.151. The van der Waals surface area contributed by atoms with Crippen molar-refractivity contribution in [3.05, 3.63) is 64.7 Å². The Labute approximate surface area is 158 Å². The van der Waals surface area contributed by atoms with Crippen molar-refractivity contribution in [2.45, 2.75) is 45.6 Å². The Hall–Kier alpha value is -2.40. The van der Waals surface area contributed by atoms with Gasteiger partial charge in [-0.15, -0.1) is 11.3 Å². The van der Waals surface area contributed by atoms with E-state index in [4.69, 9.17) is 0 Å². The van der Waals surface area contributed by atoms with E-state index in [1.165, 1.54) is 5.56 Å². The topological polar surface area (TPSA) is 57.8 Å². The quantitative estimate of drug-likeness (QED) is 0.576. The van der Waals surface area contributed by atoms with Crippen LogP contribution in [0.1, 0.15) is 67.2 Å². The summed E-state index contributed by atoms with van der Waals surface area (Å²) in [6, 6.07) is 14.4. The van der Waals surface area contributed by atoms with E-state index in [2.05, 4.69) is 60.6 Å². The number of benzene rings is 1. The van der Waals surface area contributed by atoms with Crippen molar-refractivity contribution in [1.82, 2.24) is 15.5 Å². The van der Waals surface area contributed by atoms with E-state index in [1.807, 2.05) is 17.5 Å². The molecule has 26 heavy (non-hydrogen) atoms. The minimum absolute atomic E-state index is 0.0182. The van der Waals surface area contributed by atoms with Crippen LogP contribution >= 0.6 is 11.3 Å². The zero-order valence-corrected chi connectivity index (χ0v) is 16.3. The second-order valence-corrected chi connectivity index (χ2v) is 7.50.